The Morgan fingerprint density at radius 2 is 0.796 bits per heavy atom. The van der Waals surface area contributed by atoms with E-state index in [-0.39, 0.29) is 17.1 Å². The van der Waals surface area contributed by atoms with E-state index in [1.165, 1.54) is 54.3 Å². The Labute approximate surface area is 342 Å². The van der Waals surface area contributed by atoms with E-state index in [0.717, 1.165) is 0 Å². The van der Waals surface area contributed by atoms with Gasteiger partial charge in [-0.1, -0.05) is 159 Å². The van der Waals surface area contributed by atoms with Crippen LogP contribution in [0.25, 0.3) is 0 Å². The minimum Gasteiger partial charge on any atom is -0.748 e. The molecule has 0 saturated heterocycles. The van der Waals surface area contributed by atoms with E-state index in [0.29, 0.717) is 29.3 Å². The Balaban J connectivity index is 0.000000782. The van der Waals surface area contributed by atoms with Gasteiger partial charge in [0.15, 0.2) is 0 Å². The van der Waals surface area contributed by atoms with E-state index in [2.05, 4.69) is 183 Å². The zero-order chi connectivity index (χ0) is 38.5. The largest absolute Gasteiger partial charge is 0.748 e. The van der Waals surface area contributed by atoms with Crippen LogP contribution < -0.4 is 31.8 Å². The molecule has 4 heteroatoms. The summed E-state index contributed by atoms with van der Waals surface area (Å²) in [6, 6.07) is 54.6. The van der Waals surface area contributed by atoms with Gasteiger partial charge in [-0.05, 0) is 103 Å². The molecule has 1 atom stereocenters. The van der Waals surface area contributed by atoms with E-state index in [1.807, 2.05) is 44.4 Å². The van der Waals surface area contributed by atoms with Crippen LogP contribution >= 0.6 is 15.8 Å². The first-order valence-corrected chi connectivity index (χ1v) is 22.2. The number of nitrogens with one attached hydrogen (secondary N) is 1. The number of rotatable bonds is 11. The van der Waals surface area contributed by atoms with Crippen LogP contribution in [0.5, 0.6) is 0 Å². The monoisotopic (exact) mass is 795 g/mol. The molecule has 54 heavy (non-hydrogen) atoms. The van der Waals surface area contributed by atoms with Crippen molar-refractivity contribution in [2.24, 2.45) is 0 Å². The van der Waals surface area contributed by atoms with Gasteiger partial charge in [0.25, 0.3) is 0 Å². The Bertz CT molecular complexity index is 1730. The van der Waals surface area contributed by atoms with Gasteiger partial charge in [0.05, 0.1) is 0 Å². The van der Waals surface area contributed by atoms with Gasteiger partial charge in [-0.2, -0.15) is 6.07 Å². The molecule has 0 aliphatic heterocycles. The van der Waals surface area contributed by atoms with Crippen molar-refractivity contribution in [1.29, 1.82) is 0 Å². The molecule has 6 aromatic carbocycles. The molecule has 6 rings (SSSR count). The smallest absolute Gasteiger partial charge is 0 e. The third kappa shape index (κ3) is 12.2. The van der Waals surface area contributed by atoms with Crippen LogP contribution in [-0.4, -0.2) is 14.1 Å². The molecule has 292 valence electrons. The summed E-state index contributed by atoms with van der Waals surface area (Å²) in [5, 5.41) is 10.1. The van der Waals surface area contributed by atoms with Gasteiger partial charge in [0, 0.05) is 17.1 Å². The first-order chi connectivity index (χ1) is 25.5. The van der Waals surface area contributed by atoms with Crippen LogP contribution in [0.3, 0.4) is 0 Å². The molecule has 0 radical (unpaired) electrons. The maximum absolute atomic E-state index is 2.75. The van der Waals surface area contributed by atoms with Crippen molar-refractivity contribution in [3.8, 4) is 0 Å². The summed E-state index contributed by atoms with van der Waals surface area (Å²) in [5.41, 5.74) is 7.68. The molecule has 1 unspecified atom stereocenters. The van der Waals surface area contributed by atoms with Crippen molar-refractivity contribution < 1.29 is 17.1 Å². The molecule has 0 spiro atoms. The van der Waals surface area contributed by atoms with Crippen LogP contribution in [0, 0.1) is 0 Å². The number of hydrogen-bond acceptors (Lipinski definition) is 1. The van der Waals surface area contributed by atoms with E-state index < -0.39 is 15.8 Å². The van der Waals surface area contributed by atoms with Crippen LogP contribution in [-0.2, 0) is 17.1 Å². The van der Waals surface area contributed by atoms with Gasteiger partial charge >= 0.3 is 0 Å². The summed E-state index contributed by atoms with van der Waals surface area (Å²) < 4.78 is 0. The van der Waals surface area contributed by atoms with Gasteiger partial charge < -0.3 is 35.6 Å². The molecule has 0 saturated carbocycles. The topological polar surface area (TPSA) is 12.0 Å². The minimum absolute atomic E-state index is 0. The fourth-order valence-corrected chi connectivity index (χ4v) is 12.1. The molecular weight excluding hydrogens is 732 g/mol. The summed E-state index contributed by atoms with van der Waals surface area (Å²) in [5.74, 6) is 1.95. The van der Waals surface area contributed by atoms with E-state index >= 15 is 0 Å². The fourth-order valence-electron chi connectivity index (χ4n) is 6.55. The quantitative estimate of drug-likeness (QED) is 0.0782. The molecular formula is C50H63FeNP2-6. The predicted octanol–water partition coefficient (Wildman–Crippen LogP) is 12.1. The Morgan fingerprint density at radius 3 is 1.11 bits per heavy atom. The second-order valence-corrected chi connectivity index (χ2v) is 19.9. The summed E-state index contributed by atoms with van der Waals surface area (Å²) in [4.78, 5) is 0. The van der Waals surface area contributed by atoms with Crippen molar-refractivity contribution in [3.63, 3.8) is 0 Å². The molecule has 0 aliphatic carbocycles. The maximum atomic E-state index is 2.75. The average Bonchev–Trinajstić information content (AvgIpc) is 3.90. The predicted molar refractivity (Wildman–Crippen MR) is 242 cm³/mol. The molecule has 0 aromatic heterocycles. The van der Waals surface area contributed by atoms with Gasteiger partial charge in [0.1, 0.15) is 0 Å². The molecule has 0 fully saturated rings. The van der Waals surface area contributed by atoms with E-state index in [9.17, 15) is 0 Å². The molecule has 0 heterocycles. The Hall–Kier alpha value is -3.08. The van der Waals surface area contributed by atoms with Gasteiger partial charge in [-0.15, -0.1) is 10.9 Å². The Kier molecular flexibility index (Phi) is 18.9. The zero-order valence-corrected chi connectivity index (χ0v) is 37.4. The summed E-state index contributed by atoms with van der Waals surface area (Å²) in [7, 11) is 2.37. The zero-order valence-electron chi connectivity index (χ0n) is 34.5. The SMILES string of the molecule is CC(C)c1cc(C(C)C)cc(P(c2cc(C(C)C)cc(C(C)C)c2)C(C)[c-]2cccc2P(c2ccccc2)c2ccccc2)c1.CNC.[Fe].[cH-]1[cH-][cH-][cH-][cH-]1. The van der Waals surface area contributed by atoms with Crippen molar-refractivity contribution in [2.75, 3.05) is 14.1 Å². The summed E-state index contributed by atoms with van der Waals surface area (Å²) in [6.07, 6.45) is 0. The number of hydrogen-bond donors (Lipinski definition) is 1. The minimum atomic E-state index is -0.695. The average molecular weight is 796 g/mol. The van der Waals surface area contributed by atoms with Crippen molar-refractivity contribution in [2.45, 2.75) is 91.6 Å². The summed E-state index contributed by atoms with van der Waals surface area (Å²) >= 11 is 0. The molecule has 1 N–H and O–H groups in total. The third-order valence-corrected chi connectivity index (χ3v) is 14.8. The fraction of sp³-hybridized carbons (Fsp3) is 0.320. The standard InChI is InChI=1S/C43H51P2.C5H5.C2H7N.Fe/c1-29(2)34-23-35(30(3)4)26-40(25-34)44(41-27-36(31(5)6)24-37(28-41)32(7)8)33(9)42-21-16-22-43(42)45(38-17-12-10-13-18-38)39-19-14-11-15-20-39;1-2-4-5-3-1;1-3-2;/h10-33H,1-9H3;1-5H;3H,1-2H3;/q-1;-5;;. The second kappa shape index (κ2) is 22.5. The van der Waals surface area contributed by atoms with E-state index in [1.54, 1.807) is 0 Å². The van der Waals surface area contributed by atoms with Gasteiger partial charge in [-0.3, -0.25) is 0 Å². The van der Waals surface area contributed by atoms with Gasteiger partial charge in [-0.25, -0.2) is 12.1 Å². The maximum Gasteiger partial charge on any atom is 0 e. The summed E-state index contributed by atoms with van der Waals surface area (Å²) in [6.45, 7) is 21.2. The van der Waals surface area contributed by atoms with Crippen molar-refractivity contribution >= 4 is 42.4 Å². The van der Waals surface area contributed by atoms with E-state index in [4.69, 9.17) is 0 Å². The van der Waals surface area contributed by atoms with Crippen molar-refractivity contribution in [3.05, 3.63) is 173 Å². The first-order valence-electron chi connectivity index (χ1n) is 19.5. The molecule has 6 aromatic rings. The van der Waals surface area contributed by atoms with Crippen LogP contribution in [0.4, 0.5) is 0 Å². The number of benzene rings is 4. The van der Waals surface area contributed by atoms with Crippen molar-refractivity contribution in [1.82, 2.24) is 5.32 Å². The molecule has 1 nitrogen and oxygen atoms in total. The Morgan fingerprint density at radius 1 is 0.463 bits per heavy atom. The normalized spacial score (nSPS) is 11.7. The second-order valence-electron chi connectivity index (χ2n) is 15.2. The van der Waals surface area contributed by atoms with Crippen LogP contribution in [0.2, 0.25) is 0 Å². The molecule has 0 aliphatic rings. The first kappa shape index (κ1) is 45.3. The van der Waals surface area contributed by atoms with Crippen LogP contribution in [0.1, 0.15) is 119 Å². The van der Waals surface area contributed by atoms with Gasteiger partial charge in [0.2, 0.25) is 0 Å². The molecule has 0 bridgehead atoms. The van der Waals surface area contributed by atoms with Crippen LogP contribution in [0.15, 0.2) is 146 Å². The molecule has 0 amide bonds. The third-order valence-electron chi connectivity index (χ3n) is 9.64.